The van der Waals surface area contributed by atoms with Crippen molar-refractivity contribution in [1.82, 2.24) is 14.9 Å². The number of hydrogen-bond acceptors (Lipinski definition) is 6. The van der Waals surface area contributed by atoms with Crippen LogP contribution in [0.1, 0.15) is 24.8 Å². The van der Waals surface area contributed by atoms with Gasteiger partial charge in [0.15, 0.2) is 0 Å². The lowest BCUT2D eigenvalue weighted by molar-refractivity contribution is 0.390. The molecule has 0 aromatic carbocycles. The SMILES string of the molecule is CCCNc1ccc(S(=O)(=O)NCc2cc(C)on2)cn1. The number of aromatic nitrogens is 2. The Labute approximate surface area is 123 Å². The Morgan fingerprint density at radius 2 is 2.14 bits per heavy atom. The number of anilines is 1. The van der Waals surface area contributed by atoms with Gasteiger partial charge in [-0.3, -0.25) is 0 Å². The first-order valence-corrected chi connectivity index (χ1v) is 8.11. The molecule has 8 heteroatoms. The molecule has 0 fully saturated rings. The molecule has 114 valence electrons. The summed E-state index contributed by atoms with van der Waals surface area (Å²) in [5.74, 6) is 1.29. The lowest BCUT2D eigenvalue weighted by Crippen LogP contribution is -2.23. The summed E-state index contributed by atoms with van der Waals surface area (Å²) in [6, 6.07) is 4.84. The van der Waals surface area contributed by atoms with Crippen molar-refractivity contribution in [3.8, 4) is 0 Å². The molecule has 0 amide bonds. The van der Waals surface area contributed by atoms with Crippen LogP contribution in [0.2, 0.25) is 0 Å². The van der Waals surface area contributed by atoms with Crippen LogP contribution in [0.4, 0.5) is 5.82 Å². The maximum Gasteiger partial charge on any atom is 0.242 e. The minimum atomic E-state index is -3.61. The van der Waals surface area contributed by atoms with Crippen LogP contribution in [-0.4, -0.2) is 25.1 Å². The van der Waals surface area contributed by atoms with Crippen LogP contribution in [0.15, 0.2) is 33.8 Å². The molecular formula is C13H18N4O3S. The van der Waals surface area contributed by atoms with Crippen molar-refractivity contribution in [2.75, 3.05) is 11.9 Å². The summed E-state index contributed by atoms with van der Waals surface area (Å²) in [5.41, 5.74) is 0.533. The second-order valence-corrected chi connectivity index (χ2v) is 6.33. The van der Waals surface area contributed by atoms with Gasteiger partial charge in [0.25, 0.3) is 0 Å². The van der Waals surface area contributed by atoms with Gasteiger partial charge >= 0.3 is 0 Å². The second-order valence-electron chi connectivity index (χ2n) is 4.56. The molecule has 0 aliphatic carbocycles. The molecule has 0 spiro atoms. The largest absolute Gasteiger partial charge is 0.370 e. The topological polar surface area (TPSA) is 97.1 Å². The molecule has 21 heavy (non-hydrogen) atoms. The molecular weight excluding hydrogens is 292 g/mol. The lowest BCUT2D eigenvalue weighted by Gasteiger charge is -2.07. The Kier molecular flexibility index (Phi) is 4.92. The van der Waals surface area contributed by atoms with Crippen LogP contribution in [0, 0.1) is 6.92 Å². The number of nitrogens with zero attached hydrogens (tertiary/aromatic N) is 2. The van der Waals surface area contributed by atoms with E-state index in [4.69, 9.17) is 4.52 Å². The molecule has 0 bridgehead atoms. The van der Waals surface area contributed by atoms with E-state index in [9.17, 15) is 8.42 Å². The monoisotopic (exact) mass is 310 g/mol. The molecule has 2 heterocycles. The van der Waals surface area contributed by atoms with E-state index in [1.807, 2.05) is 6.92 Å². The Morgan fingerprint density at radius 3 is 2.71 bits per heavy atom. The van der Waals surface area contributed by atoms with E-state index in [2.05, 4.69) is 20.2 Å². The highest BCUT2D eigenvalue weighted by Gasteiger charge is 2.15. The molecule has 0 radical (unpaired) electrons. The molecule has 2 aromatic heterocycles. The zero-order valence-electron chi connectivity index (χ0n) is 12.0. The van der Waals surface area contributed by atoms with E-state index < -0.39 is 10.0 Å². The fourth-order valence-corrected chi connectivity index (χ4v) is 2.59. The molecule has 0 atom stereocenters. The van der Waals surface area contributed by atoms with Gasteiger partial charge in [0.1, 0.15) is 16.5 Å². The summed E-state index contributed by atoms with van der Waals surface area (Å²) in [4.78, 5) is 4.19. The van der Waals surface area contributed by atoms with Gasteiger partial charge < -0.3 is 9.84 Å². The zero-order valence-corrected chi connectivity index (χ0v) is 12.8. The van der Waals surface area contributed by atoms with Gasteiger partial charge in [0.2, 0.25) is 10.0 Å². The fraction of sp³-hybridized carbons (Fsp3) is 0.385. The third-order valence-electron chi connectivity index (χ3n) is 2.72. The van der Waals surface area contributed by atoms with Crippen molar-refractivity contribution in [3.05, 3.63) is 35.9 Å². The maximum absolute atomic E-state index is 12.1. The number of sulfonamides is 1. The van der Waals surface area contributed by atoms with Crippen molar-refractivity contribution in [2.45, 2.75) is 31.7 Å². The fourth-order valence-electron chi connectivity index (χ4n) is 1.65. The predicted octanol–water partition coefficient (Wildman–Crippen LogP) is 1.68. The van der Waals surface area contributed by atoms with Crippen LogP contribution < -0.4 is 10.0 Å². The van der Waals surface area contributed by atoms with Crippen molar-refractivity contribution >= 4 is 15.8 Å². The smallest absolute Gasteiger partial charge is 0.242 e. The third-order valence-corrected chi connectivity index (χ3v) is 4.11. The minimum absolute atomic E-state index is 0.0789. The highest BCUT2D eigenvalue weighted by Crippen LogP contribution is 2.11. The molecule has 0 saturated carbocycles. The maximum atomic E-state index is 12.1. The molecule has 7 nitrogen and oxygen atoms in total. The average Bonchev–Trinajstić information content (AvgIpc) is 2.89. The Bertz CT molecular complexity index is 680. The standard InChI is InChI=1S/C13H18N4O3S/c1-3-6-14-13-5-4-12(9-15-13)21(18,19)16-8-11-7-10(2)20-17-11/h4-5,7,9,16H,3,6,8H2,1-2H3,(H,14,15). The molecule has 0 aliphatic heterocycles. The van der Waals surface area contributed by atoms with E-state index in [1.165, 1.54) is 12.3 Å². The van der Waals surface area contributed by atoms with Crippen LogP contribution in [-0.2, 0) is 16.6 Å². The van der Waals surface area contributed by atoms with Gasteiger partial charge in [-0.1, -0.05) is 12.1 Å². The highest BCUT2D eigenvalue weighted by molar-refractivity contribution is 7.89. The van der Waals surface area contributed by atoms with E-state index in [0.717, 1.165) is 13.0 Å². The number of pyridine rings is 1. The van der Waals surface area contributed by atoms with E-state index >= 15 is 0 Å². The summed E-state index contributed by atoms with van der Waals surface area (Å²) < 4.78 is 31.6. The van der Waals surface area contributed by atoms with Crippen LogP contribution in [0.3, 0.4) is 0 Å². The molecule has 0 saturated heterocycles. The predicted molar refractivity (Wildman–Crippen MR) is 78.3 cm³/mol. The van der Waals surface area contributed by atoms with E-state index in [1.54, 1.807) is 19.1 Å². The normalized spacial score (nSPS) is 11.5. The first kappa shape index (κ1) is 15.5. The summed E-state index contributed by atoms with van der Waals surface area (Å²) in [6.45, 7) is 4.66. The second kappa shape index (κ2) is 6.68. The van der Waals surface area contributed by atoms with E-state index in [-0.39, 0.29) is 11.4 Å². The van der Waals surface area contributed by atoms with Gasteiger partial charge in [0.05, 0.1) is 12.2 Å². The number of nitrogens with one attached hydrogen (secondary N) is 2. The van der Waals surface area contributed by atoms with Crippen LogP contribution >= 0.6 is 0 Å². The van der Waals surface area contributed by atoms with Gasteiger partial charge in [-0.25, -0.2) is 18.1 Å². The Hall–Kier alpha value is -1.93. The summed E-state index contributed by atoms with van der Waals surface area (Å²) in [5, 5.41) is 6.82. The summed E-state index contributed by atoms with van der Waals surface area (Å²) in [7, 11) is -3.61. The van der Waals surface area contributed by atoms with Gasteiger partial charge in [0, 0.05) is 18.8 Å². The summed E-state index contributed by atoms with van der Waals surface area (Å²) in [6.07, 6.45) is 2.30. The van der Waals surface area contributed by atoms with Crippen LogP contribution in [0.5, 0.6) is 0 Å². The molecule has 0 aliphatic rings. The zero-order chi connectivity index (χ0) is 15.3. The van der Waals surface area contributed by atoms with E-state index in [0.29, 0.717) is 17.3 Å². The van der Waals surface area contributed by atoms with Crippen molar-refractivity contribution < 1.29 is 12.9 Å². The van der Waals surface area contributed by atoms with Gasteiger partial charge in [-0.2, -0.15) is 0 Å². The minimum Gasteiger partial charge on any atom is -0.370 e. The Balaban J connectivity index is 2.01. The van der Waals surface area contributed by atoms with Crippen molar-refractivity contribution in [2.24, 2.45) is 0 Å². The molecule has 0 unspecified atom stereocenters. The first-order valence-electron chi connectivity index (χ1n) is 6.63. The van der Waals surface area contributed by atoms with Crippen molar-refractivity contribution in [3.63, 3.8) is 0 Å². The average molecular weight is 310 g/mol. The van der Waals surface area contributed by atoms with Gasteiger partial charge in [-0.15, -0.1) is 0 Å². The van der Waals surface area contributed by atoms with Gasteiger partial charge in [-0.05, 0) is 25.5 Å². The summed E-state index contributed by atoms with van der Waals surface area (Å²) >= 11 is 0. The first-order chi connectivity index (χ1) is 10.0. The van der Waals surface area contributed by atoms with Crippen LogP contribution in [0.25, 0.3) is 0 Å². The molecule has 2 aromatic rings. The van der Waals surface area contributed by atoms with Crippen molar-refractivity contribution in [1.29, 1.82) is 0 Å². The lowest BCUT2D eigenvalue weighted by atomic mass is 10.4. The third kappa shape index (κ3) is 4.27. The quantitative estimate of drug-likeness (QED) is 0.807. The molecule has 2 N–H and O–H groups in total. The number of aryl methyl sites for hydroxylation is 1. The Morgan fingerprint density at radius 1 is 1.33 bits per heavy atom. The molecule has 2 rings (SSSR count). The number of rotatable bonds is 7. The number of hydrogen-bond donors (Lipinski definition) is 2. The highest BCUT2D eigenvalue weighted by atomic mass is 32.2.